The van der Waals surface area contributed by atoms with E-state index in [1.165, 1.54) is 0 Å². The molecule has 0 radical (unpaired) electrons. The molecule has 0 spiro atoms. The maximum absolute atomic E-state index is 6.96. The Morgan fingerprint density at radius 3 is 0.900 bits per heavy atom. The van der Waals surface area contributed by atoms with Gasteiger partial charge in [0.2, 0.25) is 0 Å². The van der Waals surface area contributed by atoms with E-state index in [-0.39, 0.29) is 0 Å². The first-order valence-electron chi connectivity index (χ1n) is 10.3. The van der Waals surface area contributed by atoms with Gasteiger partial charge in [-0.1, -0.05) is 127 Å². The minimum absolute atomic E-state index is 0.788. The SMILES string of the molecule is [CH3][Al]1[O]C(c2ccccc2)(c2ccccc2)C(c2ccccc2)(c2ccccc2)[O]1. The molecule has 4 aromatic carbocycles. The molecule has 1 saturated heterocycles. The predicted octanol–water partition coefficient (Wildman–Crippen LogP) is 6.04. The zero-order valence-electron chi connectivity index (χ0n) is 16.9. The molecule has 2 nitrogen and oxygen atoms in total. The Labute approximate surface area is 182 Å². The molecule has 1 aliphatic heterocycles. The molecular weight excluding hydrogens is 383 g/mol. The lowest BCUT2D eigenvalue weighted by molar-refractivity contribution is 0.00370. The Morgan fingerprint density at radius 1 is 0.433 bits per heavy atom. The second kappa shape index (κ2) is 7.87. The molecule has 0 bridgehead atoms. The monoisotopic (exact) mass is 406 g/mol. The number of benzene rings is 4. The average Bonchev–Trinajstić information content (AvgIpc) is 3.16. The summed E-state index contributed by atoms with van der Waals surface area (Å²) in [5, 5.41) is 0. The van der Waals surface area contributed by atoms with E-state index in [1.807, 2.05) is 24.3 Å². The van der Waals surface area contributed by atoms with Gasteiger partial charge < -0.3 is 7.58 Å². The molecular formula is C27H23AlO2. The fourth-order valence-electron chi connectivity index (χ4n) is 4.80. The molecule has 0 atom stereocenters. The summed E-state index contributed by atoms with van der Waals surface area (Å²) >= 11 is -1.98. The van der Waals surface area contributed by atoms with Crippen LogP contribution < -0.4 is 0 Å². The highest BCUT2D eigenvalue weighted by Crippen LogP contribution is 2.58. The van der Waals surface area contributed by atoms with Crippen molar-refractivity contribution in [2.75, 3.05) is 0 Å². The standard InChI is InChI=1S/C26H20O2.CH3.Al/c27-25(21-13-5-1-6-14-21,22-15-7-2-8-16-22)26(28,23-17-9-3-10-18-23)24-19-11-4-12-20-24;;/h1-20H;1H3;/q-2;;+2. The topological polar surface area (TPSA) is 18.5 Å². The van der Waals surface area contributed by atoms with Gasteiger partial charge in [0.05, 0.1) is 0 Å². The van der Waals surface area contributed by atoms with Gasteiger partial charge in [0, 0.05) is 0 Å². The largest absolute Gasteiger partial charge is 0.673 e. The van der Waals surface area contributed by atoms with Crippen molar-refractivity contribution in [3.05, 3.63) is 144 Å². The summed E-state index contributed by atoms with van der Waals surface area (Å²) in [6, 6.07) is 42.1. The van der Waals surface area contributed by atoms with Crippen molar-refractivity contribution in [2.45, 2.75) is 17.0 Å². The molecule has 0 saturated carbocycles. The highest BCUT2D eigenvalue weighted by molar-refractivity contribution is 6.43. The maximum Gasteiger partial charge on any atom is 0.673 e. The zero-order valence-corrected chi connectivity index (χ0v) is 18.1. The molecule has 0 amide bonds. The molecule has 30 heavy (non-hydrogen) atoms. The first kappa shape index (κ1) is 19.3. The zero-order chi connectivity index (χ0) is 20.4. The Hall–Kier alpha value is -2.67. The second-order valence-corrected chi connectivity index (χ2v) is 9.24. The normalized spacial score (nSPS) is 17.0. The van der Waals surface area contributed by atoms with E-state index in [4.69, 9.17) is 7.58 Å². The molecule has 5 rings (SSSR count). The van der Waals surface area contributed by atoms with Gasteiger partial charge in [-0.15, -0.1) is 0 Å². The Morgan fingerprint density at radius 2 is 0.667 bits per heavy atom. The van der Waals surface area contributed by atoms with E-state index in [9.17, 15) is 0 Å². The summed E-state index contributed by atoms with van der Waals surface area (Å²) in [4.78, 5) is 0. The lowest BCUT2D eigenvalue weighted by Crippen LogP contribution is -2.48. The fraction of sp³-hybridized carbons (Fsp3) is 0.111. The predicted molar refractivity (Wildman–Crippen MR) is 121 cm³/mol. The van der Waals surface area contributed by atoms with Gasteiger partial charge in [-0.05, 0) is 22.3 Å². The minimum Gasteiger partial charge on any atom is -0.464 e. The number of hydrogen-bond acceptors (Lipinski definition) is 2. The Balaban J connectivity index is 1.93. The summed E-state index contributed by atoms with van der Waals surface area (Å²) in [7, 11) is 0. The Bertz CT molecular complexity index is 929. The summed E-state index contributed by atoms with van der Waals surface area (Å²) in [5.41, 5.74) is 2.82. The molecule has 0 unspecified atom stereocenters. The van der Waals surface area contributed by atoms with Crippen LogP contribution in [-0.2, 0) is 18.8 Å². The van der Waals surface area contributed by atoms with Gasteiger partial charge >= 0.3 is 14.8 Å². The van der Waals surface area contributed by atoms with Crippen molar-refractivity contribution in [1.82, 2.24) is 0 Å². The van der Waals surface area contributed by atoms with Crippen LogP contribution in [-0.4, -0.2) is 14.8 Å². The average molecular weight is 406 g/mol. The molecule has 0 N–H and O–H groups in total. The van der Waals surface area contributed by atoms with Crippen molar-refractivity contribution < 1.29 is 7.58 Å². The van der Waals surface area contributed by atoms with Crippen molar-refractivity contribution in [3.63, 3.8) is 0 Å². The second-order valence-electron chi connectivity index (χ2n) is 7.63. The first-order valence-corrected chi connectivity index (χ1v) is 12.4. The maximum atomic E-state index is 6.96. The third-order valence-electron chi connectivity index (χ3n) is 5.90. The van der Waals surface area contributed by atoms with E-state index in [1.54, 1.807) is 0 Å². The summed E-state index contributed by atoms with van der Waals surface area (Å²) in [5.74, 6) is 2.12. The summed E-state index contributed by atoms with van der Waals surface area (Å²) in [6.07, 6.45) is 0. The summed E-state index contributed by atoms with van der Waals surface area (Å²) in [6.45, 7) is 0. The van der Waals surface area contributed by atoms with E-state index in [0.29, 0.717) is 0 Å². The van der Waals surface area contributed by atoms with Crippen molar-refractivity contribution in [3.8, 4) is 0 Å². The molecule has 0 aromatic heterocycles. The minimum atomic E-state index is -1.98. The first-order chi connectivity index (χ1) is 14.8. The van der Waals surface area contributed by atoms with Crippen LogP contribution in [0, 0.1) is 0 Å². The molecule has 1 aliphatic rings. The van der Waals surface area contributed by atoms with Crippen LogP contribution in [0.2, 0.25) is 5.79 Å². The third-order valence-corrected chi connectivity index (χ3v) is 7.27. The quantitative estimate of drug-likeness (QED) is 0.385. The molecule has 146 valence electrons. The van der Waals surface area contributed by atoms with Gasteiger partial charge in [0.1, 0.15) is 11.2 Å². The third kappa shape index (κ3) is 2.87. The van der Waals surface area contributed by atoms with Gasteiger partial charge in [0.25, 0.3) is 0 Å². The number of hydrogen-bond donors (Lipinski definition) is 0. The molecule has 3 heteroatoms. The van der Waals surface area contributed by atoms with Crippen LogP contribution in [0.5, 0.6) is 0 Å². The fourth-order valence-corrected chi connectivity index (χ4v) is 6.72. The van der Waals surface area contributed by atoms with Gasteiger partial charge in [-0.2, -0.15) is 0 Å². The molecule has 1 fully saturated rings. The van der Waals surface area contributed by atoms with Crippen LogP contribution in [0.25, 0.3) is 0 Å². The van der Waals surface area contributed by atoms with Crippen LogP contribution in [0.4, 0.5) is 0 Å². The van der Waals surface area contributed by atoms with Gasteiger partial charge in [0.15, 0.2) is 0 Å². The van der Waals surface area contributed by atoms with Crippen LogP contribution in [0.1, 0.15) is 22.3 Å². The Kier molecular flexibility index (Phi) is 5.07. The van der Waals surface area contributed by atoms with E-state index < -0.39 is 26.0 Å². The van der Waals surface area contributed by atoms with E-state index >= 15 is 0 Å². The smallest absolute Gasteiger partial charge is 0.464 e. The van der Waals surface area contributed by atoms with Crippen molar-refractivity contribution in [1.29, 1.82) is 0 Å². The molecule has 1 heterocycles. The highest BCUT2D eigenvalue weighted by Gasteiger charge is 2.64. The lowest BCUT2D eigenvalue weighted by Gasteiger charge is -2.47. The van der Waals surface area contributed by atoms with Crippen molar-refractivity contribution >= 4 is 14.8 Å². The lowest BCUT2D eigenvalue weighted by atomic mass is 9.66. The molecule has 0 aliphatic carbocycles. The van der Waals surface area contributed by atoms with E-state index in [2.05, 4.69) is 103 Å². The van der Waals surface area contributed by atoms with Gasteiger partial charge in [-0.3, -0.25) is 0 Å². The van der Waals surface area contributed by atoms with Crippen LogP contribution >= 0.6 is 0 Å². The van der Waals surface area contributed by atoms with E-state index in [0.717, 1.165) is 22.3 Å². The summed E-state index contributed by atoms with van der Waals surface area (Å²) < 4.78 is 13.9. The molecule has 4 aromatic rings. The van der Waals surface area contributed by atoms with Gasteiger partial charge in [-0.25, -0.2) is 0 Å². The van der Waals surface area contributed by atoms with Crippen molar-refractivity contribution in [2.24, 2.45) is 0 Å². The van der Waals surface area contributed by atoms with Crippen LogP contribution in [0.3, 0.4) is 0 Å². The number of rotatable bonds is 4. The van der Waals surface area contributed by atoms with Crippen LogP contribution in [0.15, 0.2) is 121 Å². The highest BCUT2D eigenvalue weighted by atomic mass is 27.2.